The van der Waals surface area contributed by atoms with Gasteiger partial charge in [-0.15, -0.1) is 0 Å². The van der Waals surface area contributed by atoms with E-state index in [4.69, 9.17) is 0 Å². The summed E-state index contributed by atoms with van der Waals surface area (Å²) in [4.78, 5) is 39.5. The monoisotopic (exact) mass is 397 g/mol. The highest BCUT2D eigenvalue weighted by Crippen LogP contribution is 2.14. The van der Waals surface area contributed by atoms with Gasteiger partial charge in [0, 0.05) is 31.7 Å². The summed E-state index contributed by atoms with van der Waals surface area (Å²) in [6, 6.07) is 11.5. The van der Waals surface area contributed by atoms with Gasteiger partial charge < -0.3 is 14.8 Å². The average molecular weight is 398 g/mol. The predicted octanol–water partition coefficient (Wildman–Crippen LogP) is 3.61. The number of carbonyl (C=O) groups is 2. The Kier molecular flexibility index (Phi) is 7.76. The maximum absolute atomic E-state index is 13.0. The van der Waals surface area contributed by atoms with Crippen LogP contribution in [0.5, 0.6) is 0 Å². The van der Waals surface area contributed by atoms with Gasteiger partial charge in [0.25, 0.3) is 11.5 Å². The normalized spacial score (nSPS) is 11.0. The molecule has 0 aliphatic rings. The molecule has 0 radical (unpaired) electrons. The highest BCUT2D eigenvalue weighted by atomic mass is 16.2. The first-order valence-electron chi connectivity index (χ1n) is 10.1. The van der Waals surface area contributed by atoms with Crippen molar-refractivity contribution in [1.82, 2.24) is 9.47 Å². The molecular formula is C23H31N3O3. The Morgan fingerprint density at radius 2 is 1.69 bits per heavy atom. The Balaban J connectivity index is 2.11. The highest BCUT2D eigenvalue weighted by molar-refractivity contribution is 5.97. The van der Waals surface area contributed by atoms with Crippen LogP contribution in [0.25, 0.3) is 0 Å². The van der Waals surface area contributed by atoms with Crippen molar-refractivity contribution in [2.24, 2.45) is 7.05 Å². The van der Waals surface area contributed by atoms with E-state index in [2.05, 4.69) is 5.32 Å². The van der Waals surface area contributed by atoms with Crippen molar-refractivity contribution in [3.8, 4) is 0 Å². The van der Waals surface area contributed by atoms with Crippen LogP contribution in [0.3, 0.4) is 0 Å². The van der Waals surface area contributed by atoms with Crippen LogP contribution >= 0.6 is 0 Å². The van der Waals surface area contributed by atoms with E-state index < -0.39 is 0 Å². The number of benzene rings is 1. The molecule has 0 unspecified atom stereocenters. The molecule has 156 valence electrons. The summed E-state index contributed by atoms with van der Waals surface area (Å²) in [6.45, 7) is 7.81. The molecule has 1 heterocycles. The van der Waals surface area contributed by atoms with Gasteiger partial charge in [-0.3, -0.25) is 14.4 Å². The van der Waals surface area contributed by atoms with Crippen molar-refractivity contribution in [3.63, 3.8) is 0 Å². The molecule has 0 saturated heterocycles. The largest absolute Gasteiger partial charge is 0.334 e. The van der Waals surface area contributed by atoms with Crippen molar-refractivity contribution in [2.75, 3.05) is 5.32 Å². The topological polar surface area (TPSA) is 71.4 Å². The van der Waals surface area contributed by atoms with Gasteiger partial charge in [0.05, 0.1) is 5.56 Å². The average Bonchev–Trinajstić information content (AvgIpc) is 2.65. The maximum Gasteiger partial charge on any atom is 0.274 e. The summed E-state index contributed by atoms with van der Waals surface area (Å²) in [5.74, 6) is -0.391. The van der Waals surface area contributed by atoms with Crippen molar-refractivity contribution >= 4 is 17.5 Å². The number of amides is 2. The fraction of sp³-hybridized carbons (Fsp3) is 0.435. The number of hydrogen-bond acceptors (Lipinski definition) is 3. The number of anilines is 1. The molecular weight excluding hydrogens is 366 g/mol. The second kappa shape index (κ2) is 10.0. The summed E-state index contributed by atoms with van der Waals surface area (Å²) in [7, 11) is 1.58. The number of aromatic nitrogens is 1. The lowest BCUT2D eigenvalue weighted by atomic mass is 10.1. The molecule has 0 atom stereocenters. The summed E-state index contributed by atoms with van der Waals surface area (Å²) < 4.78 is 1.34. The number of nitrogens with zero attached hydrogens (tertiary/aromatic N) is 2. The van der Waals surface area contributed by atoms with Gasteiger partial charge in [0.1, 0.15) is 5.69 Å². The van der Waals surface area contributed by atoms with Crippen LogP contribution in [0.1, 0.15) is 56.5 Å². The molecule has 0 aliphatic heterocycles. The van der Waals surface area contributed by atoms with E-state index >= 15 is 0 Å². The molecule has 0 fully saturated rings. The second-order valence-electron chi connectivity index (χ2n) is 7.85. The molecule has 0 saturated carbocycles. The van der Waals surface area contributed by atoms with Crippen LogP contribution in [0, 0.1) is 0 Å². The minimum Gasteiger partial charge on any atom is -0.334 e. The molecule has 2 aromatic rings. The quantitative estimate of drug-likeness (QED) is 0.740. The second-order valence-corrected chi connectivity index (χ2v) is 7.85. The minimum atomic E-state index is -0.335. The lowest BCUT2D eigenvalue weighted by molar-refractivity contribution is -0.116. The van der Waals surface area contributed by atoms with E-state index in [1.54, 1.807) is 11.9 Å². The van der Waals surface area contributed by atoms with E-state index in [1.807, 2.05) is 58.0 Å². The number of pyridine rings is 1. The van der Waals surface area contributed by atoms with Crippen LogP contribution in [-0.4, -0.2) is 33.4 Å². The van der Waals surface area contributed by atoms with Gasteiger partial charge in [0.15, 0.2) is 0 Å². The molecule has 2 rings (SSSR count). The molecule has 6 nitrogen and oxygen atoms in total. The zero-order valence-corrected chi connectivity index (χ0v) is 17.9. The summed E-state index contributed by atoms with van der Waals surface area (Å²) >= 11 is 0. The van der Waals surface area contributed by atoms with Crippen LogP contribution in [0.2, 0.25) is 0 Å². The van der Waals surface area contributed by atoms with Gasteiger partial charge in [-0.25, -0.2) is 0 Å². The summed E-state index contributed by atoms with van der Waals surface area (Å²) in [5.41, 5.74) is 1.36. The molecule has 1 aromatic heterocycles. The van der Waals surface area contributed by atoms with Gasteiger partial charge in [-0.05, 0) is 52.2 Å². The third-order valence-corrected chi connectivity index (χ3v) is 4.76. The number of carbonyl (C=O) groups excluding carboxylic acids is 2. The smallest absolute Gasteiger partial charge is 0.274 e. The molecule has 0 bridgehead atoms. The first-order valence-corrected chi connectivity index (χ1v) is 10.1. The first-order chi connectivity index (χ1) is 13.7. The van der Waals surface area contributed by atoms with Gasteiger partial charge >= 0.3 is 0 Å². The molecule has 1 aromatic carbocycles. The Bertz CT molecular complexity index is 893. The third-order valence-electron chi connectivity index (χ3n) is 4.76. The number of hydrogen-bond donors (Lipinski definition) is 1. The minimum absolute atomic E-state index is 0.0239. The number of aryl methyl sites for hydroxylation is 2. The standard InChI is InChI=1S/C23H31N3O3/c1-16(2)26(17(3)4)22(28)19-14-20(23(29)25(5)15-19)24-21(27)13-9-12-18-10-7-6-8-11-18/h6-8,10-11,14-17H,9,12-13H2,1-5H3,(H,24,27). The van der Waals surface area contributed by atoms with Gasteiger partial charge in [-0.1, -0.05) is 30.3 Å². The van der Waals surface area contributed by atoms with Crippen molar-refractivity contribution in [3.05, 3.63) is 64.1 Å². The Labute approximate surface area is 172 Å². The third kappa shape index (κ3) is 6.04. The summed E-state index contributed by atoms with van der Waals surface area (Å²) in [6.07, 6.45) is 3.31. The van der Waals surface area contributed by atoms with E-state index in [9.17, 15) is 14.4 Å². The van der Waals surface area contributed by atoms with Crippen LogP contribution < -0.4 is 10.9 Å². The molecule has 1 N–H and O–H groups in total. The molecule has 6 heteroatoms. The fourth-order valence-corrected chi connectivity index (χ4v) is 3.44. The van der Waals surface area contributed by atoms with E-state index in [-0.39, 0.29) is 35.1 Å². The van der Waals surface area contributed by atoms with Crippen LogP contribution in [-0.2, 0) is 18.3 Å². The van der Waals surface area contributed by atoms with Gasteiger partial charge in [-0.2, -0.15) is 0 Å². The first kappa shape index (κ1) is 22.4. The highest BCUT2D eigenvalue weighted by Gasteiger charge is 2.23. The van der Waals surface area contributed by atoms with E-state index in [0.717, 1.165) is 6.42 Å². The van der Waals surface area contributed by atoms with Gasteiger partial charge in [0.2, 0.25) is 5.91 Å². The van der Waals surface area contributed by atoms with Crippen molar-refractivity contribution in [2.45, 2.75) is 59.0 Å². The van der Waals surface area contributed by atoms with Crippen molar-refractivity contribution in [1.29, 1.82) is 0 Å². The molecule has 2 amide bonds. The predicted molar refractivity (Wildman–Crippen MR) is 116 cm³/mol. The van der Waals surface area contributed by atoms with Crippen LogP contribution in [0.4, 0.5) is 5.69 Å². The zero-order valence-electron chi connectivity index (χ0n) is 17.9. The lowest BCUT2D eigenvalue weighted by Gasteiger charge is -2.31. The maximum atomic E-state index is 13.0. The Hall–Kier alpha value is -2.89. The lowest BCUT2D eigenvalue weighted by Crippen LogP contribution is -2.42. The number of nitrogens with one attached hydrogen (secondary N) is 1. The molecule has 0 aliphatic carbocycles. The SMILES string of the molecule is CC(C)N(C(=O)c1cc(NC(=O)CCCc2ccccc2)c(=O)n(C)c1)C(C)C. The molecule has 29 heavy (non-hydrogen) atoms. The Morgan fingerprint density at radius 1 is 1.07 bits per heavy atom. The number of rotatable bonds is 8. The fourth-order valence-electron chi connectivity index (χ4n) is 3.44. The van der Waals surface area contributed by atoms with Crippen molar-refractivity contribution < 1.29 is 9.59 Å². The molecule has 0 spiro atoms. The van der Waals surface area contributed by atoms with Crippen LogP contribution in [0.15, 0.2) is 47.4 Å². The summed E-state index contributed by atoms with van der Waals surface area (Å²) in [5, 5.41) is 2.69. The van der Waals surface area contributed by atoms with E-state index in [1.165, 1.54) is 22.4 Å². The zero-order chi connectivity index (χ0) is 21.6. The Morgan fingerprint density at radius 3 is 2.28 bits per heavy atom. The van der Waals surface area contributed by atoms with E-state index in [0.29, 0.717) is 18.4 Å².